The average molecular weight is 344 g/mol. The molecule has 2 N–H and O–H groups in total. The second kappa shape index (κ2) is 8.34. The van der Waals surface area contributed by atoms with Crippen molar-refractivity contribution in [3.63, 3.8) is 0 Å². The normalized spacial score (nSPS) is 24.7. The zero-order valence-electron chi connectivity index (χ0n) is 14.9. The first kappa shape index (κ1) is 17.7. The third-order valence-electron chi connectivity index (χ3n) is 5.15. The highest BCUT2D eigenvalue weighted by molar-refractivity contribution is 5.87. The van der Waals surface area contributed by atoms with Crippen molar-refractivity contribution in [2.45, 2.75) is 32.4 Å². The molecular weight excluding hydrogens is 316 g/mol. The van der Waals surface area contributed by atoms with Gasteiger partial charge in [-0.3, -0.25) is 9.69 Å². The molecule has 0 spiro atoms. The van der Waals surface area contributed by atoms with Crippen LogP contribution in [0.5, 0.6) is 0 Å². The van der Waals surface area contributed by atoms with Gasteiger partial charge in [0.1, 0.15) is 6.04 Å². The third kappa shape index (κ3) is 4.72. The van der Waals surface area contributed by atoms with Crippen LogP contribution in [0.4, 0.5) is 4.79 Å². The molecule has 2 saturated heterocycles. The maximum Gasteiger partial charge on any atom is 0.318 e. The summed E-state index contributed by atoms with van der Waals surface area (Å²) in [6, 6.07) is 10.00. The minimum Gasteiger partial charge on any atom is -0.353 e. The molecule has 2 fully saturated rings. The Kier molecular flexibility index (Phi) is 5.91. The molecule has 0 aliphatic carbocycles. The van der Waals surface area contributed by atoms with Crippen LogP contribution >= 0.6 is 0 Å². The van der Waals surface area contributed by atoms with Crippen molar-refractivity contribution in [3.8, 4) is 0 Å². The molecule has 25 heavy (non-hydrogen) atoms. The van der Waals surface area contributed by atoms with Gasteiger partial charge < -0.3 is 15.5 Å². The summed E-state index contributed by atoms with van der Waals surface area (Å²) in [5.41, 5.74) is 1.33. The van der Waals surface area contributed by atoms with Gasteiger partial charge in [-0.25, -0.2) is 4.79 Å². The predicted molar refractivity (Wildman–Crippen MR) is 97.0 cm³/mol. The molecule has 136 valence electrons. The minimum atomic E-state index is -0.394. The lowest BCUT2D eigenvalue weighted by atomic mass is 9.97. The molecule has 1 aromatic rings. The third-order valence-corrected chi connectivity index (χ3v) is 5.15. The van der Waals surface area contributed by atoms with E-state index in [0.29, 0.717) is 25.6 Å². The molecule has 0 radical (unpaired) electrons. The van der Waals surface area contributed by atoms with Gasteiger partial charge in [-0.1, -0.05) is 30.3 Å². The Balaban J connectivity index is 1.46. The summed E-state index contributed by atoms with van der Waals surface area (Å²) < 4.78 is 0. The Morgan fingerprint density at radius 1 is 1.28 bits per heavy atom. The lowest BCUT2D eigenvalue weighted by molar-refractivity contribution is -0.126. The van der Waals surface area contributed by atoms with Crippen molar-refractivity contribution in [2.75, 3.05) is 32.7 Å². The van der Waals surface area contributed by atoms with Gasteiger partial charge in [0.05, 0.1) is 0 Å². The summed E-state index contributed by atoms with van der Waals surface area (Å²) in [4.78, 5) is 28.2. The van der Waals surface area contributed by atoms with E-state index in [9.17, 15) is 9.59 Å². The van der Waals surface area contributed by atoms with E-state index in [1.165, 1.54) is 5.56 Å². The van der Waals surface area contributed by atoms with Crippen LogP contribution in [0.3, 0.4) is 0 Å². The number of carbonyl (C=O) groups is 2. The summed E-state index contributed by atoms with van der Waals surface area (Å²) in [5.74, 6) is 0.392. The van der Waals surface area contributed by atoms with Crippen LogP contribution in [0, 0.1) is 5.92 Å². The molecule has 0 saturated carbocycles. The Labute approximate surface area is 149 Å². The Hall–Kier alpha value is -2.08. The second-order valence-corrected chi connectivity index (χ2v) is 7.08. The van der Waals surface area contributed by atoms with E-state index in [1.807, 2.05) is 6.07 Å². The maximum absolute atomic E-state index is 12.4. The SMILES string of the molecule is C[C@H]1C(=O)NCCN1C(=O)NC[C@H]1CCCN(Cc2ccccc2)C1. The molecule has 2 aliphatic rings. The van der Waals surface area contributed by atoms with Gasteiger partial charge in [-0.2, -0.15) is 0 Å². The van der Waals surface area contributed by atoms with Gasteiger partial charge in [-0.05, 0) is 37.8 Å². The standard InChI is InChI=1S/C19H28N4O2/c1-15-18(24)20-9-11-23(15)19(25)21-12-17-8-5-10-22(14-17)13-16-6-3-2-4-7-16/h2-4,6-7,15,17H,5,8-14H2,1H3,(H,20,24)(H,21,25)/t15-,17+/m0/s1. The highest BCUT2D eigenvalue weighted by Gasteiger charge is 2.29. The number of amides is 3. The zero-order valence-corrected chi connectivity index (χ0v) is 14.9. The molecular formula is C19H28N4O2. The van der Waals surface area contributed by atoms with Crippen LogP contribution in [0.1, 0.15) is 25.3 Å². The van der Waals surface area contributed by atoms with Gasteiger partial charge in [0.2, 0.25) is 5.91 Å². The number of rotatable bonds is 4. The van der Waals surface area contributed by atoms with Crippen molar-refractivity contribution < 1.29 is 9.59 Å². The maximum atomic E-state index is 12.4. The van der Waals surface area contributed by atoms with Gasteiger partial charge in [-0.15, -0.1) is 0 Å². The number of benzene rings is 1. The van der Waals surface area contributed by atoms with Crippen LogP contribution in [0.25, 0.3) is 0 Å². The number of nitrogens with zero attached hydrogens (tertiary/aromatic N) is 2. The van der Waals surface area contributed by atoms with E-state index < -0.39 is 6.04 Å². The first-order chi connectivity index (χ1) is 12.1. The Morgan fingerprint density at radius 2 is 2.08 bits per heavy atom. The van der Waals surface area contributed by atoms with E-state index in [1.54, 1.807) is 11.8 Å². The van der Waals surface area contributed by atoms with Crippen LogP contribution in [-0.2, 0) is 11.3 Å². The highest BCUT2D eigenvalue weighted by atomic mass is 16.2. The summed E-state index contributed by atoms with van der Waals surface area (Å²) in [7, 11) is 0. The number of hydrogen-bond donors (Lipinski definition) is 2. The molecule has 2 heterocycles. The Morgan fingerprint density at radius 3 is 2.88 bits per heavy atom. The summed E-state index contributed by atoms with van der Waals surface area (Å²) in [5, 5.41) is 5.82. The molecule has 3 amide bonds. The number of piperidine rings is 1. The molecule has 0 unspecified atom stereocenters. The minimum absolute atomic E-state index is 0.0758. The number of likely N-dealkylation sites (tertiary alicyclic amines) is 1. The number of hydrogen-bond acceptors (Lipinski definition) is 3. The van der Waals surface area contributed by atoms with Gasteiger partial charge in [0, 0.05) is 32.7 Å². The van der Waals surface area contributed by atoms with Crippen molar-refractivity contribution in [3.05, 3.63) is 35.9 Å². The topological polar surface area (TPSA) is 64.7 Å². The molecule has 2 aliphatic heterocycles. The van der Waals surface area contributed by atoms with Crippen LogP contribution in [-0.4, -0.2) is 60.5 Å². The molecule has 2 atom stereocenters. The molecule has 3 rings (SSSR count). The molecule has 6 nitrogen and oxygen atoms in total. The van der Waals surface area contributed by atoms with Gasteiger partial charge >= 0.3 is 6.03 Å². The van der Waals surface area contributed by atoms with Crippen molar-refractivity contribution in [1.29, 1.82) is 0 Å². The van der Waals surface area contributed by atoms with Crippen molar-refractivity contribution in [2.24, 2.45) is 5.92 Å². The van der Waals surface area contributed by atoms with E-state index >= 15 is 0 Å². The summed E-state index contributed by atoms with van der Waals surface area (Å²) >= 11 is 0. The fourth-order valence-electron chi connectivity index (χ4n) is 3.70. The first-order valence-electron chi connectivity index (χ1n) is 9.22. The van der Waals surface area contributed by atoms with Crippen LogP contribution in [0.2, 0.25) is 0 Å². The highest BCUT2D eigenvalue weighted by Crippen LogP contribution is 2.18. The van der Waals surface area contributed by atoms with E-state index in [4.69, 9.17) is 0 Å². The van der Waals surface area contributed by atoms with Crippen LogP contribution in [0.15, 0.2) is 30.3 Å². The largest absolute Gasteiger partial charge is 0.353 e. The molecule has 0 aromatic heterocycles. The smallest absolute Gasteiger partial charge is 0.318 e. The molecule has 1 aromatic carbocycles. The first-order valence-corrected chi connectivity index (χ1v) is 9.22. The van der Waals surface area contributed by atoms with Gasteiger partial charge in [0.25, 0.3) is 0 Å². The van der Waals surface area contributed by atoms with E-state index in [2.05, 4.69) is 39.8 Å². The number of nitrogens with one attached hydrogen (secondary N) is 2. The quantitative estimate of drug-likeness (QED) is 0.868. The molecule has 0 bridgehead atoms. The summed E-state index contributed by atoms with van der Waals surface area (Å²) in [6.45, 7) is 6.64. The van der Waals surface area contributed by atoms with Crippen LogP contribution < -0.4 is 10.6 Å². The lowest BCUT2D eigenvalue weighted by Crippen LogP contribution is -2.58. The fraction of sp³-hybridized carbons (Fsp3) is 0.579. The van der Waals surface area contributed by atoms with E-state index in [0.717, 1.165) is 32.5 Å². The van der Waals surface area contributed by atoms with Crippen molar-refractivity contribution in [1.82, 2.24) is 20.4 Å². The molecule has 6 heteroatoms. The predicted octanol–water partition coefficient (Wildman–Crippen LogP) is 1.43. The zero-order chi connectivity index (χ0) is 17.6. The monoisotopic (exact) mass is 344 g/mol. The number of piperazine rings is 1. The number of carbonyl (C=O) groups excluding carboxylic acids is 2. The Bertz CT molecular complexity index is 592. The summed E-state index contributed by atoms with van der Waals surface area (Å²) in [6.07, 6.45) is 2.30. The lowest BCUT2D eigenvalue weighted by Gasteiger charge is -2.35. The van der Waals surface area contributed by atoms with Gasteiger partial charge in [0.15, 0.2) is 0 Å². The number of urea groups is 1. The average Bonchev–Trinajstić information content (AvgIpc) is 2.63. The van der Waals surface area contributed by atoms with E-state index in [-0.39, 0.29) is 11.9 Å². The second-order valence-electron chi connectivity index (χ2n) is 7.08. The van der Waals surface area contributed by atoms with Crippen molar-refractivity contribution >= 4 is 11.9 Å². The fourth-order valence-corrected chi connectivity index (χ4v) is 3.70.